The molecule has 0 saturated carbocycles. The number of rotatable bonds is 5. The Bertz CT molecular complexity index is 312. The zero-order chi connectivity index (χ0) is 11.3. The molecule has 0 saturated heterocycles. The summed E-state index contributed by atoms with van der Waals surface area (Å²) in [5.74, 6) is 1.06. The molecule has 15 heavy (non-hydrogen) atoms. The van der Waals surface area contributed by atoms with Crippen LogP contribution < -0.4 is 4.74 Å². The Labute approximate surface area is 99.4 Å². The van der Waals surface area contributed by atoms with Gasteiger partial charge in [0.15, 0.2) is 0 Å². The van der Waals surface area contributed by atoms with Crippen LogP contribution >= 0.6 is 15.9 Å². The fourth-order valence-electron chi connectivity index (χ4n) is 1.65. The Hall–Kier alpha value is -0.540. The van der Waals surface area contributed by atoms with Gasteiger partial charge in [0.25, 0.3) is 0 Å². The third-order valence-electron chi connectivity index (χ3n) is 2.50. The predicted octanol–water partition coefficient (Wildman–Crippen LogP) is 3.33. The highest BCUT2D eigenvalue weighted by molar-refractivity contribution is 9.10. The van der Waals surface area contributed by atoms with E-state index in [9.17, 15) is 5.11 Å². The van der Waals surface area contributed by atoms with E-state index in [1.807, 2.05) is 18.2 Å². The van der Waals surface area contributed by atoms with Crippen LogP contribution in [0.3, 0.4) is 0 Å². The Morgan fingerprint density at radius 3 is 2.67 bits per heavy atom. The van der Waals surface area contributed by atoms with Crippen molar-refractivity contribution in [2.45, 2.75) is 25.7 Å². The first-order valence-electron chi connectivity index (χ1n) is 5.17. The standard InChI is InChI=1S/C12H17BrO2/c1-3-4-10(8-14)9-5-6-12(15-2)11(13)7-9/h5-7,10,14H,3-4,8H2,1-2H3. The van der Waals surface area contributed by atoms with Crippen LogP contribution in [0, 0.1) is 0 Å². The number of hydrogen-bond acceptors (Lipinski definition) is 2. The number of hydrogen-bond donors (Lipinski definition) is 1. The second kappa shape index (κ2) is 6.13. The number of aliphatic hydroxyl groups excluding tert-OH is 1. The van der Waals surface area contributed by atoms with E-state index in [1.54, 1.807) is 7.11 Å². The summed E-state index contributed by atoms with van der Waals surface area (Å²) in [6, 6.07) is 5.97. The molecule has 0 fully saturated rings. The Balaban J connectivity index is 2.89. The van der Waals surface area contributed by atoms with E-state index >= 15 is 0 Å². The number of methoxy groups -OCH3 is 1. The second-order valence-corrected chi connectivity index (χ2v) is 4.42. The number of halogens is 1. The topological polar surface area (TPSA) is 29.5 Å². The smallest absolute Gasteiger partial charge is 0.133 e. The summed E-state index contributed by atoms with van der Waals surface area (Å²) < 4.78 is 6.11. The minimum atomic E-state index is 0.201. The summed E-state index contributed by atoms with van der Waals surface area (Å²) in [4.78, 5) is 0. The first-order chi connectivity index (χ1) is 7.22. The molecule has 1 aromatic carbocycles. The van der Waals surface area contributed by atoms with Crippen molar-refractivity contribution in [3.8, 4) is 5.75 Å². The minimum Gasteiger partial charge on any atom is -0.496 e. The summed E-state index contributed by atoms with van der Waals surface area (Å²) in [6.45, 7) is 2.33. The molecule has 0 aliphatic rings. The van der Waals surface area contributed by atoms with Crippen molar-refractivity contribution < 1.29 is 9.84 Å². The Morgan fingerprint density at radius 2 is 2.20 bits per heavy atom. The number of ether oxygens (including phenoxy) is 1. The predicted molar refractivity (Wildman–Crippen MR) is 65.4 cm³/mol. The van der Waals surface area contributed by atoms with Crippen LogP contribution in [-0.2, 0) is 0 Å². The summed E-state index contributed by atoms with van der Waals surface area (Å²) >= 11 is 3.45. The van der Waals surface area contributed by atoms with Gasteiger partial charge in [0.2, 0.25) is 0 Å². The number of aliphatic hydroxyl groups is 1. The van der Waals surface area contributed by atoms with Crippen LogP contribution in [0.2, 0.25) is 0 Å². The van der Waals surface area contributed by atoms with Gasteiger partial charge in [-0.05, 0) is 40.0 Å². The molecular formula is C12H17BrO2. The van der Waals surface area contributed by atoms with Gasteiger partial charge < -0.3 is 9.84 Å². The first kappa shape index (κ1) is 12.5. The lowest BCUT2D eigenvalue weighted by atomic mass is 9.95. The van der Waals surface area contributed by atoms with Crippen LogP contribution in [0.15, 0.2) is 22.7 Å². The molecule has 0 aromatic heterocycles. The fourth-order valence-corrected chi connectivity index (χ4v) is 2.21. The number of benzene rings is 1. The van der Waals surface area contributed by atoms with Crippen molar-refractivity contribution in [3.05, 3.63) is 28.2 Å². The van der Waals surface area contributed by atoms with Gasteiger partial charge >= 0.3 is 0 Å². The molecule has 0 bridgehead atoms. The summed E-state index contributed by atoms with van der Waals surface area (Å²) in [6.07, 6.45) is 2.09. The van der Waals surface area contributed by atoms with Crippen molar-refractivity contribution in [2.24, 2.45) is 0 Å². The van der Waals surface area contributed by atoms with Crippen molar-refractivity contribution in [1.29, 1.82) is 0 Å². The first-order valence-corrected chi connectivity index (χ1v) is 5.96. The molecule has 0 radical (unpaired) electrons. The highest BCUT2D eigenvalue weighted by Crippen LogP contribution is 2.30. The molecule has 0 aliphatic heterocycles. The fraction of sp³-hybridized carbons (Fsp3) is 0.500. The quantitative estimate of drug-likeness (QED) is 0.891. The zero-order valence-corrected chi connectivity index (χ0v) is 10.8. The van der Waals surface area contributed by atoms with E-state index in [0.29, 0.717) is 0 Å². The van der Waals surface area contributed by atoms with Crippen molar-refractivity contribution in [2.75, 3.05) is 13.7 Å². The lowest BCUT2D eigenvalue weighted by Crippen LogP contribution is -2.03. The minimum absolute atomic E-state index is 0.201. The van der Waals surface area contributed by atoms with Gasteiger partial charge in [-0.1, -0.05) is 19.4 Å². The maximum absolute atomic E-state index is 9.28. The lowest BCUT2D eigenvalue weighted by Gasteiger charge is -2.14. The monoisotopic (exact) mass is 272 g/mol. The molecule has 0 heterocycles. The zero-order valence-electron chi connectivity index (χ0n) is 9.16. The Morgan fingerprint density at radius 1 is 1.47 bits per heavy atom. The average Bonchev–Trinajstić information content (AvgIpc) is 2.25. The second-order valence-electron chi connectivity index (χ2n) is 3.56. The van der Waals surface area contributed by atoms with E-state index in [1.165, 1.54) is 0 Å². The largest absolute Gasteiger partial charge is 0.496 e. The van der Waals surface area contributed by atoms with Crippen LogP contribution in [0.1, 0.15) is 31.2 Å². The summed E-state index contributed by atoms with van der Waals surface area (Å²) in [5, 5.41) is 9.28. The van der Waals surface area contributed by atoms with Gasteiger partial charge in [-0.25, -0.2) is 0 Å². The van der Waals surface area contributed by atoms with Crippen molar-refractivity contribution >= 4 is 15.9 Å². The normalized spacial score (nSPS) is 12.5. The third kappa shape index (κ3) is 3.21. The molecule has 1 atom stereocenters. The van der Waals surface area contributed by atoms with E-state index in [2.05, 4.69) is 22.9 Å². The van der Waals surface area contributed by atoms with Crippen molar-refractivity contribution in [3.63, 3.8) is 0 Å². The Kier molecular flexibility index (Phi) is 5.12. The molecule has 1 unspecified atom stereocenters. The molecule has 3 heteroatoms. The molecule has 0 aliphatic carbocycles. The van der Waals surface area contributed by atoms with Gasteiger partial charge in [-0.15, -0.1) is 0 Å². The van der Waals surface area contributed by atoms with Gasteiger partial charge in [-0.2, -0.15) is 0 Å². The van der Waals surface area contributed by atoms with Gasteiger partial charge in [0, 0.05) is 12.5 Å². The maximum atomic E-state index is 9.28. The van der Waals surface area contributed by atoms with Gasteiger partial charge in [-0.3, -0.25) is 0 Å². The molecule has 1 aromatic rings. The molecule has 1 N–H and O–H groups in total. The summed E-state index contributed by atoms with van der Waals surface area (Å²) in [7, 11) is 1.65. The highest BCUT2D eigenvalue weighted by Gasteiger charge is 2.11. The SMILES string of the molecule is CCCC(CO)c1ccc(OC)c(Br)c1. The molecule has 1 rings (SSSR count). The van der Waals surface area contributed by atoms with Crippen LogP contribution in [-0.4, -0.2) is 18.8 Å². The van der Waals surface area contributed by atoms with Crippen LogP contribution in [0.25, 0.3) is 0 Å². The van der Waals surface area contributed by atoms with E-state index in [-0.39, 0.29) is 12.5 Å². The van der Waals surface area contributed by atoms with E-state index < -0.39 is 0 Å². The molecule has 2 nitrogen and oxygen atoms in total. The third-order valence-corrected chi connectivity index (χ3v) is 3.12. The maximum Gasteiger partial charge on any atom is 0.133 e. The van der Waals surface area contributed by atoms with E-state index in [0.717, 1.165) is 28.6 Å². The molecule has 0 spiro atoms. The van der Waals surface area contributed by atoms with Crippen molar-refractivity contribution in [1.82, 2.24) is 0 Å². The highest BCUT2D eigenvalue weighted by atomic mass is 79.9. The summed E-state index contributed by atoms with van der Waals surface area (Å²) in [5.41, 5.74) is 1.16. The van der Waals surface area contributed by atoms with Crippen LogP contribution in [0.4, 0.5) is 0 Å². The molecule has 84 valence electrons. The average molecular weight is 273 g/mol. The van der Waals surface area contributed by atoms with Gasteiger partial charge in [0.05, 0.1) is 11.6 Å². The van der Waals surface area contributed by atoms with Gasteiger partial charge in [0.1, 0.15) is 5.75 Å². The lowest BCUT2D eigenvalue weighted by molar-refractivity contribution is 0.258. The van der Waals surface area contributed by atoms with E-state index in [4.69, 9.17) is 4.74 Å². The molecular weight excluding hydrogens is 256 g/mol. The molecule has 0 amide bonds. The van der Waals surface area contributed by atoms with Crippen LogP contribution in [0.5, 0.6) is 5.75 Å².